The van der Waals surface area contributed by atoms with Crippen molar-refractivity contribution in [2.24, 2.45) is 15.0 Å². The Morgan fingerprint density at radius 1 is 1.67 bits per heavy atom. The molecule has 0 spiro atoms. The zero-order valence-corrected chi connectivity index (χ0v) is 11.9. The highest BCUT2D eigenvalue weighted by Gasteiger charge is 2.17. The minimum atomic E-state index is -0.730. The molecule has 0 saturated carbocycles. The summed E-state index contributed by atoms with van der Waals surface area (Å²) in [4.78, 5) is 13.9. The maximum absolute atomic E-state index is 12.9. The molecule has 0 aromatic carbocycles. The Balaban J connectivity index is 1.95. The normalized spacial score (nSPS) is 21.1. The molecular weight excluding hydrogens is 271 g/mol. The van der Waals surface area contributed by atoms with E-state index in [1.54, 1.807) is 6.21 Å². The fourth-order valence-electron chi connectivity index (χ4n) is 1.75. The largest absolute Gasteiger partial charge is 0.491 e. The predicted molar refractivity (Wildman–Crippen MR) is 83.2 cm³/mol. The summed E-state index contributed by atoms with van der Waals surface area (Å²) in [6, 6.07) is -0.184. The molecule has 2 aliphatic rings. The van der Waals surface area contributed by atoms with E-state index in [0.29, 0.717) is 5.96 Å². The van der Waals surface area contributed by atoms with Gasteiger partial charge in [0.2, 0.25) is 11.9 Å². The van der Waals surface area contributed by atoms with Crippen LogP contribution in [0.3, 0.4) is 0 Å². The van der Waals surface area contributed by atoms with Crippen LogP contribution in [-0.2, 0) is 4.74 Å². The van der Waals surface area contributed by atoms with E-state index >= 15 is 0 Å². The van der Waals surface area contributed by atoms with Crippen LogP contribution in [0.25, 0.3) is 0 Å². The molecule has 0 bridgehead atoms. The van der Waals surface area contributed by atoms with E-state index in [0.717, 1.165) is 18.2 Å². The summed E-state index contributed by atoms with van der Waals surface area (Å²) in [5.41, 5.74) is 1.10. The first-order valence-corrected chi connectivity index (χ1v) is 6.47. The molecule has 0 aromatic rings. The van der Waals surface area contributed by atoms with Crippen molar-refractivity contribution in [3.8, 4) is 0 Å². The Labute approximate surface area is 123 Å². The van der Waals surface area contributed by atoms with Crippen LogP contribution in [0.5, 0.6) is 0 Å². The topological polar surface area (TPSA) is 49.5 Å². The van der Waals surface area contributed by atoms with Crippen molar-refractivity contribution in [3.63, 3.8) is 0 Å². The van der Waals surface area contributed by atoms with Crippen LogP contribution in [0.1, 0.15) is 6.92 Å². The van der Waals surface area contributed by atoms with E-state index < -0.39 is 5.95 Å². The van der Waals surface area contributed by atoms with Crippen molar-refractivity contribution < 1.29 is 9.13 Å². The molecular formula is C15H17FN4O. The van der Waals surface area contributed by atoms with Crippen LogP contribution in [0, 0.1) is 0 Å². The van der Waals surface area contributed by atoms with Crippen molar-refractivity contribution in [3.05, 3.63) is 48.3 Å². The highest BCUT2D eigenvalue weighted by molar-refractivity contribution is 5.95. The van der Waals surface area contributed by atoms with Gasteiger partial charge < -0.3 is 9.64 Å². The SMILES string of the molecule is C=N/C(F)=C\C(=C)OCC1C=CN2CC=C(C)C=NC2=N1. The fraction of sp³-hybridized carbons (Fsp3) is 0.267. The summed E-state index contributed by atoms with van der Waals surface area (Å²) in [5, 5.41) is 0. The third-order valence-electron chi connectivity index (χ3n) is 2.89. The van der Waals surface area contributed by atoms with Gasteiger partial charge in [0, 0.05) is 25.0 Å². The molecule has 5 nitrogen and oxygen atoms in total. The van der Waals surface area contributed by atoms with E-state index in [1.807, 2.05) is 24.1 Å². The van der Waals surface area contributed by atoms with Crippen molar-refractivity contribution in [1.29, 1.82) is 0 Å². The number of allylic oxidation sites excluding steroid dienone is 2. The average Bonchev–Trinajstić information content (AvgIpc) is 2.67. The number of nitrogens with zero attached hydrogens (tertiary/aromatic N) is 4. The van der Waals surface area contributed by atoms with Gasteiger partial charge in [-0.1, -0.05) is 12.7 Å². The quantitative estimate of drug-likeness (QED) is 0.338. The van der Waals surface area contributed by atoms with Gasteiger partial charge >= 0.3 is 0 Å². The number of rotatable bonds is 5. The van der Waals surface area contributed by atoms with E-state index in [1.165, 1.54) is 0 Å². The zero-order valence-electron chi connectivity index (χ0n) is 11.9. The molecule has 2 aliphatic heterocycles. The van der Waals surface area contributed by atoms with Crippen molar-refractivity contribution in [1.82, 2.24) is 4.90 Å². The lowest BCUT2D eigenvalue weighted by molar-refractivity contribution is 0.216. The van der Waals surface area contributed by atoms with Crippen LogP contribution < -0.4 is 0 Å². The van der Waals surface area contributed by atoms with Crippen molar-refractivity contribution >= 4 is 18.9 Å². The maximum Gasteiger partial charge on any atom is 0.225 e. The molecule has 1 atom stereocenters. The molecule has 21 heavy (non-hydrogen) atoms. The van der Waals surface area contributed by atoms with Crippen LogP contribution in [0.15, 0.2) is 63.3 Å². The van der Waals surface area contributed by atoms with Crippen LogP contribution in [-0.4, -0.2) is 43.0 Å². The van der Waals surface area contributed by atoms with Crippen molar-refractivity contribution in [2.75, 3.05) is 13.2 Å². The third kappa shape index (κ3) is 4.24. The summed E-state index contributed by atoms with van der Waals surface area (Å²) in [6.07, 6.45) is 8.77. The molecule has 6 heteroatoms. The Morgan fingerprint density at radius 3 is 3.24 bits per heavy atom. The lowest BCUT2D eigenvalue weighted by atomic mass is 10.3. The third-order valence-corrected chi connectivity index (χ3v) is 2.89. The summed E-state index contributed by atoms with van der Waals surface area (Å²) in [6.45, 7) is 9.65. The number of aliphatic imine (C=N–C) groups is 3. The minimum Gasteiger partial charge on any atom is -0.491 e. The van der Waals surface area contributed by atoms with Crippen LogP contribution >= 0.6 is 0 Å². The van der Waals surface area contributed by atoms with Gasteiger partial charge in [-0.3, -0.25) is 0 Å². The van der Waals surface area contributed by atoms with E-state index in [9.17, 15) is 4.39 Å². The molecule has 0 fully saturated rings. The second-order valence-electron chi connectivity index (χ2n) is 4.60. The second kappa shape index (κ2) is 6.78. The monoisotopic (exact) mass is 288 g/mol. The van der Waals surface area contributed by atoms with E-state index in [2.05, 4.69) is 34.3 Å². The fourth-order valence-corrected chi connectivity index (χ4v) is 1.75. The minimum absolute atomic E-state index is 0.179. The van der Waals surface area contributed by atoms with Crippen LogP contribution in [0.2, 0.25) is 0 Å². The Bertz CT molecular complexity index is 586. The molecule has 0 aromatic heterocycles. The number of guanidine groups is 1. The maximum atomic E-state index is 12.9. The van der Waals surface area contributed by atoms with Gasteiger partial charge in [-0.15, -0.1) is 0 Å². The molecule has 2 heterocycles. The van der Waals surface area contributed by atoms with Crippen molar-refractivity contribution in [2.45, 2.75) is 13.0 Å². The lowest BCUT2D eigenvalue weighted by Crippen LogP contribution is -2.30. The zero-order chi connectivity index (χ0) is 15.2. The van der Waals surface area contributed by atoms with Gasteiger partial charge in [0.05, 0.1) is 0 Å². The molecule has 110 valence electrons. The number of ether oxygens (including phenoxy) is 1. The standard InChI is InChI=1S/C15H17FN4O/c1-11-4-6-20-7-5-13(19-15(20)18-9-11)10-21-12(2)8-14(16)17-3/h4-5,7-9,13H,2-3,6,10H2,1H3/b14-8-. The molecule has 2 rings (SSSR count). The van der Waals surface area contributed by atoms with Gasteiger partial charge in [-0.25, -0.2) is 15.0 Å². The first-order chi connectivity index (χ1) is 10.1. The highest BCUT2D eigenvalue weighted by atomic mass is 19.1. The van der Waals surface area contributed by atoms with Gasteiger partial charge in [-0.05, 0) is 25.3 Å². The predicted octanol–water partition coefficient (Wildman–Crippen LogP) is 2.61. The number of hydrogen-bond donors (Lipinski definition) is 0. The molecule has 0 aliphatic carbocycles. The Kier molecular flexibility index (Phi) is 4.81. The average molecular weight is 288 g/mol. The van der Waals surface area contributed by atoms with E-state index in [-0.39, 0.29) is 18.4 Å². The smallest absolute Gasteiger partial charge is 0.225 e. The molecule has 0 radical (unpaired) electrons. The summed E-state index contributed by atoms with van der Waals surface area (Å²) in [5.74, 6) is 0.0868. The molecule has 0 amide bonds. The molecule has 0 saturated heterocycles. The number of fused-ring (bicyclic) bond motifs is 1. The first-order valence-electron chi connectivity index (χ1n) is 6.47. The molecule has 1 unspecified atom stereocenters. The second-order valence-corrected chi connectivity index (χ2v) is 4.60. The Morgan fingerprint density at radius 2 is 2.48 bits per heavy atom. The Hall–Kier alpha value is -2.50. The summed E-state index contributed by atoms with van der Waals surface area (Å²) in [7, 11) is 0. The number of hydrogen-bond acceptors (Lipinski definition) is 5. The lowest BCUT2D eigenvalue weighted by Gasteiger charge is -2.23. The summed E-state index contributed by atoms with van der Waals surface area (Å²) >= 11 is 0. The summed E-state index contributed by atoms with van der Waals surface area (Å²) < 4.78 is 18.2. The molecule has 0 N–H and O–H groups in total. The van der Waals surface area contributed by atoms with Gasteiger partial charge in [0.25, 0.3) is 0 Å². The van der Waals surface area contributed by atoms with Crippen LogP contribution in [0.4, 0.5) is 4.39 Å². The first kappa shape index (κ1) is 14.9. The van der Waals surface area contributed by atoms with Gasteiger partial charge in [-0.2, -0.15) is 4.39 Å². The number of halogens is 1. The van der Waals surface area contributed by atoms with Gasteiger partial charge in [0.15, 0.2) is 0 Å². The van der Waals surface area contributed by atoms with E-state index in [4.69, 9.17) is 4.74 Å². The van der Waals surface area contributed by atoms with Gasteiger partial charge in [0.1, 0.15) is 18.4 Å². The highest BCUT2D eigenvalue weighted by Crippen LogP contribution is 2.13.